The van der Waals surface area contributed by atoms with Crippen molar-refractivity contribution in [1.29, 1.82) is 0 Å². The van der Waals surface area contributed by atoms with Crippen molar-refractivity contribution in [1.82, 2.24) is 14.9 Å². The lowest BCUT2D eigenvalue weighted by Gasteiger charge is -2.28. The van der Waals surface area contributed by atoms with Crippen LogP contribution < -0.4 is 10.0 Å². The van der Waals surface area contributed by atoms with Crippen molar-refractivity contribution in [2.45, 2.75) is 32.6 Å². The van der Waals surface area contributed by atoms with Crippen LogP contribution in [0.3, 0.4) is 0 Å². The molecular weight excluding hydrogens is 274 g/mol. The molecule has 1 saturated carbocycles. The standard InChI is InChI=1S/C14H29N3O2S/c1-13-2-4-14(5-3-13)12-16-20(18,19)11-10-17-8-6-15-7-9-17/h13-16H,2-12H2,1H3. The summed E-state index contributed by atoms with van der Waals surface area (Å²) in [7, 11) is -3.11. The molecule has 0 amide bonds. The monoisotopic (exact) mass is 303 g/mol. The van der Waals surface area contributed by atoms with Gasteiger partial charge in [0.2, 0.25) is 10.0 Å². The molecule has 2 rings (SSSR count). The van der Waals surface area contributed by atoms with Crippen molar-refractivity contribution in [2.24, 2.45) is 11.8 Å². The lowest BCUT2D eigenvalue weighted by Crippen LogP contribution is -2.46. The van der Waals surface area contributed by atoms with Gasteiger partial charge in [-0.15, -0.1) is 0 Å². The number of piperazine rings is 1. The van der Waals surface area contributed by atoms with Gasteiger partial charge < -0.3 is 5.32 Å². The average molecular weight is 303 g/mol. The summed E-state index contributed by atoms with van der Waals surface area (Å²) in [5.41, 5.74) is 0. The van der Waals surface area contributed by atoms with E-state index in [0.717, 1.165) is 32.1 Å². The van der Waals surface area contributed by atoms with Crippen LogP contribution in [0.2, 0.25) is 0 Å². The molecule has 0 unspecified atom stereocenters. The number of nitrogens with one attached hydrogen (secondary N) is 2. The van der Waals surface area contributed by atoms with Crippen LogP contribution in [-0.2, 0) is 10.0 Å². The molecule has 20 heavy (non-hydrogen) atoms. The predicted molar refractivity (Wildman–Crippen MR) is 82.2 cm³/mol. The summed E-state index contributed by atoms with van der Waals surface area (Å²) in [6.45, 7) is 7.41. The Morgan fingerprint density at radius 3 is 2.45 bits per heavy atom. The normalized spacial score (nSPS) is 29.4. The second-order valence-electron chi connectivity index (χ2n) is 6.38. The molecule has 0 atom stereocenters. The van der Waals surface area contributed by atoms with Gasteiger partial charge in [-0.3, -0.25) is 4.90 Å². The Kier molecular flexibility index (Phi) is 6.26. The lowest BCUT2D eigenvalue weighted by atomic mass is 9.83. The Hall–Kier alpha value is -0.170. The van der Waals surface area contributed by atoms with Crippen LogP contribution in [0.5, 0.6) is 0 Å². The maximum Gasteiger partial charge on any atom is 0.212 e. The van der Waals surface area contributed by atoms with Gasteiger partial charge in [-0.2, -0.15) is 0 Å². The third-order valence-corrected chi connectivity index (χ3v) is 5.94. The number of sulfonamides is 1. The fourth-order valence-electron chi connectivity index (χ4n) is 3.03. The van der Waals surface area contributed by atoms with Gasteiger partial charge in [-0.05, 0) is 24.7 Å². The molecule has 1 aliphatic heterocycles. The first-order valence-electron chi connectivity index (χ1n) is 7.95. The molecule has 6 heteroatoms. The minimum Gasteiger partial charge on any atom is -0.314 e. The number of hydrogen-bond donors (Lipinski definition) is 2. The zero-order valence-electron chi connectivity index (χ0n) is 12.6. The van der Waals surface area contributed by atoms with Crippen LogP contribution in [0.4, 0.5) is 0 Å². The molecule has 0 spiro atoms. The number of nitrogens with zero attached hydrogens (tertiary/aromatic N) is 1. The summed E-state index contributed by atoms with van der Waals surface area (Å²) in [6, 6.07) is 0. The van der Waals surface area contributed by atoms with Gasteiger partial charge in [0, 0.05) is 39.3 Å². The second kappa shape index (κ2) is 7.73. The maximum atomic E-state index is 12.0. The van der Waals surface area contributed by atoms with Crippen LogP contribution in [0, 0.1) is 11.8 Å². The van der Waals surface area contributed by atoms with E-state index in [1.54, 1.807) is 0 Å². The van der Waals surface area contributed by atoms with Gasteiger partial charge in [0.25, 0.3) is 0 Å². The summed E-state index contributed by atoms with van der Waals surface area (Å²) in [6.07, 6.45) is 4.82. The van der Waals surface area contributed by atoms with Crippen LogP contribution in [0.25, 0.3) is 0 Å². The summed E-state index contributed by atoms with van der Waals surface area (Å²) in [4.78, 5) is 2.22. The molecule has 0 aromatic rings. The molecule has 0 aromatic heterocycles. The molecule has 0 bridgehead atoms. The molecule has 0 radical (unpaired) electrons. The molecule has 0 aromatic carbocycles. The van der Waals surface area contributed by atoms with Gasteiger partial charge >= 0.3 is 0 Å². The molecule has 2 fully saturated rings. The van der Waals surface area contributed by atoms with Gasteiger partial charge in [0.15, 0.2) is 0 Å². The molecule has 1 heterocycles. The Labute approximate surface area is 123 Å². The van der Waals surface area contributed by atoms with Crippen LogP contribution >= 0.6 is 0 Å². The smallest absolute Gasteiger partial charge is 0.212 e. The molecule has 2 aliphatic rings. The maximum absolute atomic E-state index is 12.0. The highest BCUT2D eigenvalue weighted by Gasteiger charge is 2.21. The highest BCUT2D eigenvalue weighted by atomic mass is 32.2. The minimum atomic E-state index is -3.11. The predicted octanol–water partition coefficient (Wildman–Crippen LogP) is 0.637. The van der Waals surface area contributed by atoms with E-state index in [2.05, 4.69) is 21.9 Å². The van der Waals surface area contributed by atoms with Crippen molar-refractivity contribution in [3.63, 3.8) is 0 Å². The molecule has 1 aliphatic carbocycles. The largest absolute Gasteiger partial charge is 0.314 e. The van der Waals surface area contributed by atoms with Crippen LogP contribution in [0.1, 0.15) is 32.6 Å². The topological polar surface area (TPSA) is 61.4 Å². The van der Waals surface area contributed by atoms with Crippen LogP contribution in [0.15, 0.2) is 0 Å². The lowest BCUT2D eigenvalue weighted by molar-refractivity contribution is 0.253. The molecular formula is C14H29N3O2S. The Bertz CT molecular complexity index is 372. The minimum absolute atomic E-state index is 0.232. The van der Waals surface area contributed by atoms with E-state index < -0.39 is 10.0 Å². The van der Waals surface area contributed by atoms with Gasteiger partial charge in [0.1, 0.15) is 0 Å². The van der Waals surface area contributed by atoms with Crippen molar-refractivity contribution in [2.75, 3.05) is 45.0 Å². The first kappa shape index (κ1) is 16.2. The fraction of sp³-hybridized carbons (Fsp3) is 1.00. The molecule has 2 N–H and O–H groups in total. The van der Waals surface area contributed by atoms with E-state index in [1.165, 1.54) is 25.7 Å². The molecule has 5 nitrogen and oxygen atoms in total. The first-order chi connectivity index (χ1) is 9.55. The van der Waals surface area contributed by atoms with Crippen molar-refractivity contribution in [3.05, 3.63) is 0 Å². The summed E-state index contributed by atoms with van der Waals surface area (Å²) in [5, 5.41) is 3.28. The van der Waals surface area contributed by atoms with E-state index in [4.69, 9.17) is 0 Å². The second-order valence-corrected chi connectivity index (χ2v) is 8.31. The summed E-state index contributed by atoms with van der Waals surface area (Å²) >= 11 is 0. The zero-order valence-corrected chi connectivity index (χ0v) is 13.4. The third kappa shape index (κ3) is 5.68. The fourth-order valence-corrected chi connectivity index (χ4v) is 4.17. The van der Waals surface area contributed by atoms with Gasteiger partial charge in [-0.1, -0.05) is 19.8 Å². The van der Waals surface area contributed by atoms with E-state index in [-0.39, 0.29) is 5.75 Å². The Morgan fingerprint density at radius 1 is 1.15 bits per heavy atom. The summed E-state index contributed by atoms with van der Waals surface area (Å²) in [5.74, 6) is 1.59. The van der Waals surface area contributed by atoms with E-state index in [9.17, 15) is 8.42 Å². The van der Waals surface area contributed by atoms with Crippen LogP contribution in [-0.4, -0.2) is 58.3 Å². The summed E-state index contributed by atoms with van der Waals surface area (Å²) < 4.78 is 26.9. The van der Waals surface area contributed by atoms with Gasteiger partial charge in [-0.25, -0.2) is 13.1 Å². The Morgan fingerprint density at radius 2 is 1.80 bits per heavy atom. The number of hydrogen-bond acceptors (Lipinski definition) is 4. The van der Waals surface area contributed by atoms with Crippen molar-refractivity contribution >= 4 is 10.0 Å². The molecule has 1 saturated heterocycles. The SMILES string of the molecule is CC1CCC(CNS(=O)(=O)CCN2CCNCC2)CC1. The van der Waals surface area contributed by atoms with Crippen molar-refractivity contribution in [3.8, 4) is 0 Å². The zero-order chi connectivity index (χ0) is 14.4. The Balaban J connectivity index is 1.65. The van der Waals surface area contributed by atoms with Crippen molar-refractivity contribution < 1.29 is 8.42 Å². The van der Waals surface area contributed by atoms with Gasteiger partial charge in [0.05, 0.1) is 5.75 Å². The number of rotatable bonds is 6. The highest BCUT2D eigenvalue weighted by Crippen LogP contribution is 2.27. The highest BCUT2D eigenvalue weighted by molar-refractivity contribution is 7.89. The third-order valence-electron chi connectivity index (χ3n) is 4.61. The first-order valence-corrected chi connectivity index (χ1v) is 9.61. The average Bonchev–Trinajstić information content (AvgIpc) is 2.46. The van der Waals surface area contributed by atoms with E-state index in [0.29, 0.717) is 19.0 Å². The van der Waals surface area contributed by atoms with E-state index >= 15 is 0 Å². The molecule has 118 valence electrons. The quantitative estimate of drug-likeness (QED) is 0.756. The van der Waals surface area contributed by atoms with E-state index in [1.807, 2.05) is 0 Å².